The Balaban J connectivity index is 0.00000181. The summed E-state index contributed by atoms with van der Waals surface area (Å²) in [4.78, 5) is 55.8. The number of ether oxygens (including phenoxy) is 3. The molecule has 0 saturated carbocycles. The van der Waals surface area contributed by atoms with Gasteiger partial charge in [0.2, 0.25) is 11.8 Å². The first kappa shape index (κ1) is 35.9. The number of carboxylic acid groups (broad SMARTS) is 1. The molecule has 0 aromatic heterocycles. The van der Waals surface area contributed by atoms with Crippen molar-refractivity contribution in [1.29, 1.82) is 0 Å². The summed E-state index contributed by atoms with van der Waals surface area (Å²) in [6.07, 6.45) is -0.467. The van der Waals surface area contributed by atoms with Gasteiger partial charge in [0.05, 0.1) is 33.0 Å². The molecular formula is C23H37F3N4O9. The normalized spacial score (nSPS) is 12.8. The molecule has 0 aromatic carbocycles. The second-order valence-electron chi connectivity index (χ2n) is 7.84. The number of rotatable bonds is 20. The molecule has 0 aromatic rings. The second-order valence-corrected chi connectivity index (χ2v) is 7.84. The topological polar surface area (TPSA) is 173 Å². The number of likely N-dealkylation sites (N-methyl/N-ethyl adjacent to an activating group) is 1. The van der Waals surface area contributed by atoms with Gasteiger partial charge in [-0.1, -0.05) is 0 Å². The molecule has 1 heterocycles. The minimum absolute atomic E-state index is 0.0263. The monoisotopic (exact) mass is 570 g/mol. The lowest BCUT2D eigenvalue weighted by atomic mass is 10.2. The van der Waals surface area contributed by atoms with Gasteiger partial charge in [0.15, 0.2) is 0 Å². The highest BCUT2D eigenvalue weighted by atomic mass is 19.4. The van der Waals surface area contributed by atoms with Crippen LogP contribution in [0.15, 0.2) is 12.2 Å². The predicted octanol–water partition coefficient (Wildman–Crippen LogP) is -0.393. The summed E-state index contributed by atoms with van der Waals surface area (Å²) in [6, 6.07) is 0. The van der Waals surface area contributed by atoms with Gasteiger partial charge in [-0.05, 0) is 26.3 Å². The Morgan fingerprint density at radius 3 is 1.69 bits per heavy atom. The molecule has 0 aliphatic carbocycles. The van der Waals surface area contributed by atoms with Gasteiger partial charge in [0, 0.05) is 51.4 Å². The van der Waals surface area contributed by atoms with E-state index < -0.39 is 12.1 Å². The van der Waals surface area contributed by atoms with Crippen molar-refractivity contribution in [3.05, 3.63) is 12.2 Å². The molecule has 0 fully saturated rings. The van der Waals surface area contributed by atoms with E-state index in [1.807, 2.05) is 0 Å². The number of hydrogen-bond acceptors (Lipinski definition) is 9. The predicted molar refractivity (Wildman–Crippen MR) is 130 cm³/mol. The average molecular weight is 571 g/mol. The van der Waals surface area contributed by atoms with Crippen molar-refractivity contribution in [2.75, 3.05) is 72.9 Å². The molecule has 16 heteroatoms. The SMILES string of the molecule is CNCC(=O)NCCCOCCOCCOCCCNC(=O)CCCN1C(=O)C=CC1=O.O=C(O)C(F)(F)F. The van der Waals surface area contributed by atoms with Crippen LogP contribution in [0.1, 0.15) is 25.7 Å². The van der Waals surface area contributed by atoms with Gasteiger partial charge in [-0.25, -0.2) is 4.79 Å². The molecule has 0 spiro atoms. The van der Waals surface area contributed by atoms with Gasteiger partial charge in [-0.15, -0.1) is 0 Å². The van der Waals surface area contributed by atoms with E-state index in [0.29, 0.717) is 72.1 Å². The van der Waals surface area contributed by atoms with E-state index >= 15 is 0 Å². The first-order valence-corrected chi connectivity index (χ1v) is 12.2. The van der Waals surface area contributed by atoms with Crippen LogP contribution >= 0.6 is 0 Å². The third kappa shape index (κ3) is 20.5. The van der Waals surface area contributed by atoms with Crippen molar-refractivity contribution in [1.82, 2.24) is 20.9 Å². The van der Waals surface area contributed by atoms with Crippen molar-refractivity contribution in [2.45, 2.75) is 31.9 Å². The van der Waals surface area contributed by atoms with E-state index in [1.54, 1.807) is 7.05 Å². The van der Waals surface area contributed by atoms with E-state index in [0.717, 1.165) is 11.3 Å². The molecule has 1 aliphatic heterocycles. The van der Waals surface area contributed by atoms with Crippen LogP contribution in [0.2, 0.25) is 0 Å². The number of hydrogen-bond donors (Lipinski definition) is 4. The highest BCUT2D eigenvalue weighted by Crippen LogP contribution is 2.13. The third-order valence-corrected chi connectivity index (χ3v) is 4.59. The number of nitrogens with zero attached hydrogens (tertiary/aromatic N) is 1. The van der Waals surface area contributed by atoms with Crippen LogP contribution < -0.4 is 16.0 Å². The number of carboxylic acids is 1. The van der Waals surface area contributed by atoms with Crippen molar-refractivity contribution < 1.29 is 56.5 Å². The van der Waals surface area contributed by atoms with Crippen LogP contribution in [0.4, 0.5) is 13.2 Å². The van der Waals surface area contributed by atoms with Crippen LogP contribution in [-0.2, 0) is 38.2 Å². The number of carbonyl (C=O) groups excluding carboxylic acids is 4. The molecule has 39 heavy (non-hydrogen) atoms. The Labute approximate surface area is 224 Å². The molecular weight excluding hydrogens is 533 g/mol. The fraction of sp³-hybridized carbons (Fsp3) is 0.696. The third-order valence-electron chi connectivity index (χ3n) is 4.59. The molecule has 1 aliphatic rings. The molecule has 0 atom stereocenters. The Bertz CT molecular complexity index is 777. The van der Waals surface area contributed by atoms with Crippen molar-refractivity contribution >= 4 is 29.6 Å². The van der Waals surface area contributed by atoms with E-state index in [1.165, 1.54) is 12.2 Å². The number of carbonyl (C=O) groups is 5. The number of alkyl halides is 3. The van der Waals surface area contributed by atoms with Crippen LogP contribution in [-0.4, -0.2) is 119 Å². The first-order valence-electron chi connectivity index (χ1n) is 12.2. The number of nitrogens with one attached hydrogen (secondary N) is 3. The maximum atomic E-state index is 11.7. The van der Waals surface area contributed by atoms with Crippen LogP contribution in [0.5, 0.6) is 0 Å². The minimum atomic E-state index is -5.08. The van der Waals surface area contributed by atoms with Gasteiger partial charge in [-0.3, -0.25) is 24.1 Å². The number of amides is 4. The highest BCUT2D eigenvalue weighted by Gasteiger charge is 2.38. The lowest BCUT2D eigenvalue weighted by molar-refractivity contribution is -0.192. The number of imide groups is 1. The van der Waals surface area contributed by atoms with Crippen LogP contribution in [0.25, 0.3) is 0 Å². The van der Waals surface area contributed by atoms with Crippen LogP contribution in [0, 0.1) is 0 Å². The highest BCUT2D eigenvalue weighted by molar-refractivity contribution is 6.12. The van der Waals surface area contributed by atoms with Gasteiger partial charge in [0.1, 0.15) is 0 Å². The zero-order valence-corrected chi connectivity index (χ0v) is 21.8. The lowest BCUT2D eigenvalue weighted by Crippen LogP contribution is -2.33. The summed E-state index contributed by atoms with van der Waals surface area (Å²) in [5.41, 5.74) is 0. The summed E-state index contributed by atoms with van der Waals surface area (Å²) in [5.74, 6) is -3.55. The van der Waals surface area contributed by atoms with Crippen molar-refractivity contribution in [2.24, 2.45) is 0 Å². The summed E-state index contributed by atoms with van der Waals surface area (Å²) < 4.78 is 48.0. The van der Waals surface area contributed by atoms with Gasteiger partial charge >= 0.3 is 12.1 Å². The Hall–Kier alpha value is -3.08. The van der Waals surface area contributed by atoms with E-state index in [2.05, 4.69) is 16.0 Å². The lowest BCUT2D eigenvalue weighted by Gasteiger charge is -2.13. The maximum Gasteiger partial charge on any atom is 0.490 e. The molecule has 0 unspecified atom stereocenters. The molecule has 0 saturated heterocycles. The zero-order valence-electron chi connectivity index (χ0n) is 21.8. The molecule has 1 rings (SSSR count). The number of halogens is 3. The molecule has 0 radical (unpaired) electrons. The van der Waals surface area contributed by atoms with Crippen molar-refractivity contribution in [3.8, 4) is 0 Å². The Morgan fingerprint density at radius 1 is 0.821 bits per heavy atom. The zero-order chi connectivity index (χ0) is 29.5. The van der Waals surface area contributed by atoms with Crippen molar-refractivity contribution in [3.63, 3.8) is 0 Å². The van der Waals surface area contributed by atoms with E-state index in [4.69, 9.17) is 24.1 Å². The molecule has 13 nitrogen and oxygen atoms in total. The minimum Gasteiger partial charge on any atom is -0.475 e. The standard InChI is InChI=1S/C21H36N4O7.C2HF3O2/c1-22-17-19(27)24-9-4-12-31-14-16-32-15-13-30-11-3-8-23-18(26)5-2-10-25-20(28)6-7-21(25)29;3-2(4,5)1(6)7/h6-7,22H,2-5,8-17H2,1H3,(H,23,26)(H,24,27);(H,6,7). The maximum absolute atomic E-state index is 11.7. The summed E-state index contributed by atoms with van der Waals surface area (Å²) in [7, 11) is 1.73. The quantitative estimate of drug-likeness (QED) is 0.112. The first-order chi connectivity index (χ1) is 18.5. The van der Waals surface area contributed by atoms with E-state index in [9.17, 15) is 32.3 Å². The molecule has 224 valence electrons. The largest absolute Gasteiger partial charge is 0.490 e. The Morgan fingerprint density at radius 2 is 1.26 bits per heavy atom. The summed E-state index contributed by atoms with van der Waals surface area (Å²) in [5, 5.41) is 15.5. The average Bonchev–Trinajstić information content (AvgIpc) is 3.18. The molecule has 4 amide bonds. The fourth-order valence-electron chi connectivity index (χ4n) is 2.71. The van der Waals surface area contributed by atoms with Gasteiger partial charge in [0.25, 0.3) is 11.8 Å². The summed E-state index contributed by atoms with van der Waals surface area (Å²) >= 11 is 0. The fourth-order valence-corrected chi connectivity index (χ4v) is 2.71. The Kier molecular flexibility index (Phi) is 20.1. The second kappa shape index (κ2) is 21.8. The molecule has 4 N–H and O–H groups in total. The molecule has 0 bridgehead atoms. The smallest absolute Gasteiger partial charge is 0.475 e. The van der Waals surface area contributed by atoms with Gasteiger partial charge in [-0.2, -0.15) is 13.2 Å². The van der Waals surface area contributed by atoms with Crippen LogP contribution in [0.3, 0.4) is 0 Å². The van der Waals surface area contributed by atoms with E-state index in [-0.39, 0.29) is 36.6 Å². The summed E-state index contributed by atoms with van der Waals surface area (Å²) in [6.45, 7) is 4.66. The van der Waals surface area contributed by atoms with Gasteiger partial charge < -0.3 is 35.3 Å². The number of aliphatic carboxylic acids is 1.